The SMILES string of the molecule is C=C(Br)CNC(=O)CCSc1ccccc1. The summed E-state index contributed by atoms with van der Waals surface area (Å²) in [6.45, 7) is 4.15. The van der Waals surface area contributed by atoms with Gasteiger partial charge < -0.3 is 5.32 Å². The van der Waals surface area contributed by atoms with Gasteiger partial charge in [-0.15, -0.1) is 11.8 Å². The van der Waals surface area contributed by atoms with Gasteiger partial charge in [-0.2, -0.15) is 0 Å². The van der Waals surface area contributed by atoms with Crippen LogP contribution in [0.5, 0.6) is 0 Å². The zero-order valence-electron chi connectivity index (χ0n) is 8.91. The van der Waals surface area contributed by atoms with Crippen LogP contribution in [0.15, 0.2) is 46.3 Å². The predicted octanol–water partition coefficient (Wildman–Crippen LogP) is 3.19. The summed E-state index contributed by atoms with van der Waals surface area (Å²) in [5.41, 5.74) is 0. The van der Waals surface area contributed by atoms with E-state index in [1.54, 1.807) is 11.8 Å². The molecule has 4 heteroatoms. The van der Waals surface area contributed by atoms with E-state index in [2.05, 4.69) is 27.8 Å². The molecule has 2 nitrogen and oxygen atoms in total. The Hall–Kier alpha value is -0.740. The molecule has 16 heavy (non-hydrogen) atoms. The maximum absolute atomic E-state index is 11.4. The van der Waals surface area contributed by atoms with Crippen molar-refractivity contribution in [2.24, 2.45) is 0 Å². The molecule has 1 aromatic rings. The molecule has 0 aliphatic rings. The Bertz CT molecular complexity index is 353. The summed E-state index contributed by atoms with van der Waals surface area (Å²) in [5.74, 6) is 0.856. The van der Waals surface area contributed by atoms with E-state index < -0.39 is 0 Å². The van der Waals surface area contributed by atoms with Crippen molar-refractivity contribution in [1.29, 1.82) is 0 Å². The number of hydrogen-bond acceptors (Lipinski definition) is 2. The second-order valence-corrected chi connectivity index (χ2v) is 5.50. The maximum atomic E-state index is 11.4. The Morgan fingerprint density at radius 2 is 2.06 bits per heavy atom. The zero-order chi connectivity index (χ0) is 11.8. The van der Waals surface area contributed by atoms with Crippen LogP contribution >= 0.6 is 27.7 Å². The van der Waals surface area contributed by atoms with Gasteiger partial charge in [-0.25, -0.2) is 0 Å². The van der Waals surface area contributed by atoms with E-state index in [-0.39, 0.29) is 5.91 Å². The van der Waals surface area contributed by atoms with Crippen molar-refractivity contribution in [3.05, 3.63) is 41.4 Å². The fourth-order valence-corrected chi connectivity index (χ4v) is 2.07. The highest BCUT2D eigenvalue weighted by Crippen LogP contribution is 2.17. The van der Waals surface area contributed by atoms with E-state index in [1.807, 2.05) is 30.3 Å². The van der Waals surface area contributed by atoms with Crippen LogP contribution in [0.25, 0.3) is 0 Å². The first-order valence-corrected chi connectivity index (χ1v) is 6.74. The summed E-state index contributed by atoms with van der Waals surface area (Å²) >= 11 is 4.88. The van der Waals surface area contributed by atoms with Crippen LogP contribution in [0.2, 0.25) is 0 Å². The third-order valence-corrected chi connectivity index (χ3v) is 3.11. The molecule has 0 aromatic heterocycles. The van der Waals surface area contributed by atoms with E-state index >= 15 is 0 Å². The van der Waals surface area contributed by atoms with Gasteiger partial charge in [0.15, 0.2) is 0 Å². The monoisotopic (exact) mass is 299 g/mol. The predicted molar refractivity (Wildman–Crippen MR) is 72.9 cm³/mol. The zero-order valence-corrected chi connectivity index (χ0v) is 11.3. The number of carbonyl (C=O) groups excluding carboxylic acids is 1. The third kappa shape index (κ3) is 5.98. The van der Waals surface area contributed by atoms with Crippen molar-refractivity contribution in [3.8, 4) is 0 Å². The van der Waals surface area contributed by atoms with Crippen LogP contribution in [0.3, 0.4) is 0 Å². The largest absolute Gasteiger partial charge is 0.351 e. The molecule has 0 unspecified atom stereocenters. The van der Waals surface area contributed by atoms with Crippen LogP contribution in [-0.4, -0.2) is 18.2 Å². The lowest BCUT2D eigenvalue weighted by atomic mass is 10.4. The molecule has 0 aliphatic heterocycles. The number of hydrogen-bond donors (Lipinski definition) is 1. The molecule has 86 valence electrons. The van der Waals surface area contributed by atoms with Gasteiger partial charge in [-0.3, -0.25) is 4.79 Å². The first-order valence-electron chi connectivity index (χ1n) is 4.96. The molecule has 0 saturated carbocycles. The minimum atomic E-state index is 0.0593. The van der Waals surface area contributed by atoms with Gasteiger partial charge in [0.05, 0.1) is 0 Å². The summed E-state index contributed by atoms with van der Waals surface area (Å²) in [5, 5.41) is 2.77. The second kappa shape index (κ2) is 7.52. The summed E-state index contributed by atoms with van der Waals surface area (Å²) in [6.07, 6.45) is 0.528. The molecule has 1 amide bonds. The number of halogens is 1. The molecule has 0 bridgehead atoms. The lowest BCUT2D eigenvalue weighted by Crippen LogP contribution is -2.24. The van der Waals surface area contributed by atoms with Crippen molar-refractivity contribution in [1.82, 2.24) is 5.32 Å². The van der Waals surface area contributed by atoms with Crippen LogP contribution in [0.4, 0.5) is 0 Å². The fourth-order valence-electron chi connectivity index (χ4n) is 1.06. The highest BCUT2D eigenvalue weighted by molar-refractivity contribution is 9.11. The number of nitrogens with one attached hydrogen (secondary N) is 1. The normalized spacial score (nSPS) is 9.81. The lowest BCUT2D eigenvalue weighted by molar-refractivity contribution is -0.120. The molecule has 0 spiro atoms. The quantitative estimate of drug-likeness (QED) is 0.818. The van der Waals surface area contributed by atoms with Crippen molar-refractivity contribution in [3.63, 3.8) is 0 Å². The van der Waals surface area contributed by atoms with Crippen LogP contribution < -0.4 is 5.32 Å². The maximum Gasteiger partial charge on any atom is 0.221 e. The second-order valence-electron chi connectivity index (χ2n) is 3.21. The van der Waals surface area contributed by atoms with Gasteiger partial charge in [-0.05, 0) is 12.1 Å². The molecular formula is C12H14BrNOS. The van der Waals surface area contributed by atoms with Gasteiger partial charge >= 0.3 is 0 Å². The molecule has 0 radical (unpaired) electrons. The smallest absolute Gasteiger partial charge is 0.221 e. The van der Waals surface area contributed by atoms with Crippen LogP contribution in [-0.2, 0) is 4.79 Å². The summed E-state index contributed by atoms with van der Waals surface area (Å²) in [4.78, 5) is 12.5. The molecule has 1 aromatic carbocycles. The molecule has 0 heterocycles. The van der Waals surface area contributed by atoms with Gasteiger partial charge in [0, 0.05) is 28.1 Å². The van der Waals surface area contributed by atoms with Crippen molar-refractivity contribution in [2.45, 2.75) is 11.3 Å². The molecule has 1 rings (SSSR count). The summed E-state index contributed by atoms with van der Waals surface area (Å²) < 4.78 is 0.788. The Labute approximate surface area is 109 Å². The Morgan fingerprint density at radius 1 is 1.38 bits per heavy atom. The standard InChI is InChI=1S/C12H14BrNOS/c1-10(13)9-14-12(15)7-8-16-11-5-3-2-4-6-11/h2-6H,1,7-9H2,(H,14,15). The Morgan fingerprint density at radius 3 is 2.69 bits per heavy atom. The van der Waals surface area contributed by atoms with Crippen molar-refractivity contribution < 1.29 is 4.79 Å². The van der Waals surface area contributed by atoms with E-state index in [0.717, 1.165) is 10.2 Å². The number of amides is 1. The van der Waals surface area contributed by atoms with Crippen molar-refractivity contribution >= 4 is 33.6 Å². The average molecular weight is 300 g/mol. The first-order chi connectivity index (χ1) is 7.68. The number of rotatable bonds is 6. The molecule has 1 N–H and O–H groups in total. The molecule has 0 atom stereocenters. The van der Waals surface area contributed by atoms with Gasteiger partial charge in [-0.1, -0.05) is 40.7 Å². The minimum Gasteiger partial charge on any atom is -0.351 e. The van der Waals surface area contributed by atoms with Gasteiger partial charge in [0.1, 0.15) is 0 Å². The Balaban J connectivity index is 2.16. The first kappa shape index (κ1) is 13.3. The molecule has 0 fully saturated rings. The van der Waals surface area contributed by atoms with E-state index in [1.165, 1.54) is 4.90 Å². The molecule has 0 aliphatic carbocycles. The lowest BCUT2D eigenvalue weighted by Gasteiger charge is -2.03. The number of carbonyl (C=O) groups is 1. The van der Waals surface area contributed by atoms with Crippen LogP contribution in [0.1, 0.15) is 6.42 Å². The highest BCUT2D eigenvalue weighted by Gasteiger charge is 2.01. The van der Waals surface area contributed by atoms with E-state index in [9.17, 15) is 4.79 Å². The van der Waals surface area contributed by atoms with Crippen molar-refractivity contribution in [2.75, 3.05) is 12.3 Å². The number of benzene rings is 1. The van der Waals surface area contributed by atoms with Crippen LogP contribution in [0, 0.1) is 0 Å². The Kier molecular flexibility index (Phi) is 6.26. The topological polar surface area (TPSA) is 29.1 Å². The third-order valence-electron chi connectivity index (χ3n) is 1.82. The average Bonchev–Trinajstić information content (AvgIpc) is 2.28. The molecule has 0 saturated heterocycles. The fraction of sp³-hybridized carbons (Fsp3) is 0.250. The summed E-state index contributed by atoms with van der Waals surface area (Å²) in [6, 6.07) is 10.1. The molecular weight excluding hydrogens is 286 g/mol. The van der Waals surface area contributed by atoms with E-state index in [4.69, 9.17) is 0 Å². The summed E-state index contributed by atoms with van der Waals surface area (Å²) in [7, 11) is 0. The van der Waals surface area contributed by atoms with Gasteiger partial charge in [0.2, 0.25) is 5.91 Å². The minimum absolute atomic E-state index is 0.0593. The highest BCUT2D eigenvalue weighted by atomic mass is 79.9. The van der Waals surface area contributed by atoms with E-state index in [0.29, 0.717) is 13.0 Å². The van der Waals surface area contributed by atoms with Gasteiger partial charge in [0.25, 0.3) is 0 Å². The number of thioether (sulfide) groups is 1.